The fraction of sp³-hybridized carbons (Fsp3) is 0.533. The van der Waals surface area contributed by atoms with E-state index in [1.165, 1.54) is 0 Å². The van der Waals surface area contributed by atoms with Crippen LogP contribution in [0.5, 0.6) is 5.75 Å². The van der Waals surface area contributed by atoms with E-state index >= 15 is 0 Å². The molecule has 0 fully saturated rings. The molecule has 3 N–H and O–H groups in total. The third kappa shape index (κ3) is 4.42. The number of benzene rings is 1. The summed E-state index contributed by atoms with van der Waals surface area (Å²) in [5.74, 6) is 1.54. The van der Waals surface area contributed by atoms with Crippen LogP contribution in [0.15, 0.2) is 23.4 Å². The third-order valence-electron chi connectivity index (χ3n) is 3.15. The van der Waals surface area contributed by atoms with Gasteiger partial charge in [0.15, 0.2) is 5.84 Å². The number of amidine groups is 1. The van der Waals surface area contributed by atoms with Crippen LogP contribution in [0, 0.1) is 5.92 Å². The average molecular weight is 279 g/mol. The molecule has 0 saturated carbocycles. The molecule has 0 heterocycles. The Morgan fingerprint density at radius 1 is 1.45 bits per heavy atom. The Hall–Kier alpha value is -1.75. The van der Waals surface area contributed by atoms with Gasteiger partial charge in [-0.2, -0.15) is 0 Å². The molecule has 0 spiro atoms. The molecule has 1 aromatic rings. The Labute approximate surface area is 121 Å². The summed E-state index contributed by atoms with van der Waals surface area (Å²) in [7, 11) is 1.65. The highest BCUT2D eigenvalue weighted by Gasteiger charge is 2.12. The van der Waals surface area contributed by atoms with Gasteiger partial charge >= 0.3 is 0 Å². The number of oxime groups is 1. The minimum absolute atomic E-state index is 0.112. The van der Waals surface area contributed by atoms with Gasteiger partial charge in [-0.1, -0.05) is 25.9 Å². The minimum atomic E-state index is 0.112. The van der Waals surface area contributed by atoms with Crippen LogP contribution < -0.4 is 10.5 Å². The smallest absolute Gasteiger partial charge is 0.170 e. The lowest BCUT2D eigenvalue weighted by Gasteiger charge is -2.23. The van der Waals surface area contributed by atoms with Crippen molar-refractivity contribution < 1.29 is 9.94 Å². The van der Waals surface area contributed by atoms with Crippen molar-refractivity contribution in [3.8, 4) is 5.75 Å². The molecular weight excluding hydrogens is 254 g/mol. The summed E-state index contributed by atoms with van der Waals surface area (Å²) in [6.07, 6.45) is 0. The normalized spacial score (nSPS) is 12.2. The lowest BCUT2D eigenvalue weighted by atomic mass is 10.1. The van der Waals surface area contributed by atoms with E-state index in [4.69, 9.17) is 15.7 Å². The first-order valence-electron chi connectivity index (χ1n) is 6.88. The zero-order chi connectivity index (χ0) is 15.1. The average Bonchev–Trinajstić information content (AvgIpc) is 2.45. The van der Waals surface area contributed by atoms with Crippen LogP contribution >= 0.6 is 0 Å². The molecule has 0 aliphatic carbocycles. The second kappa shape index (κ2) is 7.75. The van der Waals surface area contributed by atoms with Crippen LogP contribution in [0.25, 0.3) is 0 Å². The fourth-order valence-corrected chi connectivity index (χ4v) is 2.18. The molecule has 0 aliphatic rings. The Morgan fingerprint density at radius 3 is 2.65 bits per heavy atom. The van der Waals surface area contributed by atoms with E-state index in [0.29, 0.717) is 11.5 Å². The van der Waals surface area contributed by atoms with E-state index in [0.717, 1.165) is 30.9 Å². The Balaban J connectivity index is 3.01. The molecule has 20 heavy (non-hydrogen) atoms. The highest BCUT2D eigenvalue weighted by Crippen LogP contribution is 2.22. The van der Waals surface area contributed by atoms with Crippen LogP contribution in [-0.2, 0) is 6.54 Å². The summed E-state index contributed by atoms with van der Waals surface area (Å²) in [6, 6.07) is 5.55. The van der Waals surface area contributed by atoms with E-state index in [9.17, 15) is 0 Å². The van der Waals surface area contributed by atoms with Gasteiger partial charge < -0.3 is 15.7 Å². The van der Waals surface area contributed by atoms with Crippen LogP contribution in [0.2, 0.25) is 0 Å². The maximum absolute atomic E-state index is 8.77. The van der Waals surface area contributed by atoms with Gasteiger partial charge in [0.25, 0.3) is 0 Å². The zero-order valence-corrected chi connectivity index (χ0v) is 12.8. The molecular formula is C15H25N3O2. The Morgan fingerprint density at radius 2 is 2.15 bits per heavy atom. The number of methoxy groups -OCH3 is 1. The molecule has 0 unspecified atom stereocenters. The Bertz CT molecular complexity index is 458. The van der Waals surface area contributed by atoms with Crippen molar-refractivity contribution in [2.75, 3.05) is 20.2 Å². The standard InChI is InChI=1S/C15H25N3O2/c1-5-18(9-11(2)3)10-13-8-12(15(16)17-19)6-7-14(13)20-4/h6-8,11,19H,5,9-10H2,1-4H3,(H2,16,17). The predicted octanol–water partition coefficient (Wildman–Crippen LogP) is 2.27. The topological polar surface area (TPSA) is 71.1 Å². The highest BCUT2D eigenvalue weighted by molar-refractivity contribution is 5.97. The summed E-state index contributed by atoms with van der Waals surface area (Å²) in [5, 5.41) is 11.8. The van der Waals surface area contributed by atoms with E-state index in [-0.39, 0.29) is 5.84 Å². The molecule has 0 aliphatic heterocycles. The van der Waals surface area contributed by atoms with Crippen molar-refractivity contribution in [3.63, 3.8) is 0 Å². The van der Waals surface area contributed by atoms with Crippen molar-refractivity contribution in [2.45, 2.75) is 27.3 Å². The van der Waals surface area contributed by atoms with Gasteiger partial charge in [-0.25, -0.2) is 0 Å². The molecule has 0 radical (unpaired) electrons. The molecule has 0 aromatic heterocycles. The van der Waals surface area contributed by atoms with Crippen LogP contribution in [-0.4, -0.2) is 36.1 Å². The number of hydrogen-bond donors (Lipinski definition) is 2. The predicted molar refractivity (Wildman–Crippen MR) is 81.3 cm³/mol. The van der Waals surface area contributed by atoms with Crippen molar-refractivity contribution in [2.24, 2.45) is 16.8 Å². The van der Waals surface area contributed by atoms with Crippen LogP contribution in [0.3, 0.4) is 0 Å². The van der Waals surface area contributed by atoms with E-state index in [2.05, 4.69) is 30.8 Å². The summed E-state index contributed by atoms with van der Waals surface area (Å²) in [5.41, 5.74) is 7.38. The van der Waals surface area contributed by atoms with E-state index in [1.54, 1.807) is 13.2 Å². The second-order valence-corrected chi connectivity index (χ2v) is 5.23. The first-order valence-corrected chi connectivity index (χ1v) is 6.88. The first-order chi connectivity index (χ1) is 9.51. The molecule has 5 heteroatoms. The molecule has 0 amide bonds. The monoisotopic (exact) mass is 279 g/mol. The van der Waals surface area contributed by atoms with E-state index in [1.807, 2.05) is 12.1 Å². The SMILES string of the molecule is CCN(Cc1cc(/C(N)=N/O)ccc1OC)CC(C)C. The maximum atomic E-state index is 8.77. The minimum Gasteiger partial charge on any atom is -0.496 e. The van der Waals surface area contributed by atoms with Crippen LogP contribution in [0.4, 0.5) is 0 Å². The Kier molecular flexibility index (Phi) is 6.31. The molecule has 0 bridgehead atoms. The zero-order valence-electron chi connectivity index (χ0n) is 12.8. The van der Waals surface area contributed by atoms with Crippen molar-refractivity contribution in [1.29, 1.82) is 0 Å². The molecule has 5 nitrogen and oxygen atoms in total. The van der Waals surface area contributed by atoms with Crippen molar-refractivity contribution in [1.82, 2.24) is 4.90 Å². The van der Waals surface area contributed by atoms with Gasteiger partial charge in [-0.05, 0) is 30.7 Å². The molecule has 1 aromatic carbocycles. The molecule has 0 saturated heterocycles. The fourth-order valence-electron chi connectivity index (χ4n) is 2.18. The third-order valence-corrected chi connectivity index (χ3v) is 3.15. The summed E-state index contributed by atoms with van der Waals surface area (Å²) < 4.78 is 5.39. The molecule has 112 valence electrons. The largest absolute Gasteiger partial charge is 0.496 e. The highest BCUT2D eigenvalue weighted by atomic mass is 16.5. The van der Waals surface area contributed by atoms with Gasteiger partial charge in [-0.15, -0.1) is 0 Å². The van der Waals surface area contributed by atoms with Crippen molar-refractivity contribution in [3.05, 3.63) is 29.3 Å². The summed E-state index contributed by atoms with van der Waals surface area (Å²) in [6.45, 7) is 9.31. The van der Waals surface area contributed by atoms with Gasteiger partial charge in [0.2, 0.25) is 0 Å². The molecule has 1 rings (SSSR count). The lowest BCUT2D eigenvalue weighted by molar-refractivity contribution is 0.244. The summed E-state index contributed by atoms with van der Waals surface area (Å²) >= 11 is 0. The number of nitrogens with two attached hydrogens (primary N) is 1. The number of nitrogens with zero attached hydrogens (tertiary/aromatic N) is 2. The van der Waals surface area contributed by atoms with Crippen molar-refractivity contribution >= 4 is 5.84 Å². The van der Waals surface area contributed by atoms with Gasteiger partial charge in [-0.3, -0.25) is 4.90 Å². The lowest BCUT2D eigenvalue weighted by Crippen LogP contribution is -2.27. The second-order valence-electron chi connectivity index (χ2n) is 5.23. The molecule has 0 atom stereocenters. The summed E-state index contributed by atoms with van der Waals surface area (Å²) in [4.78, 5) is 2.35. The van der Waals surface area contributed by atoms with Gasteiger partial charge in [0, 0.05) is 24.2 Å². The van der Waals surface area contributed by atoms with Gasteiger partial charge in [0.1, 0.15) is 5.75 Å². The maximum Gasteiger partial charge on any atom is 0.170 e. The van der Waals surface area contributed by atoms with E-state index < -0.39 is 0 Å². The van der Waals surface area contributed by atoms with Crippen LogP contribution in [0.1, 0.15) is 31.9 Å². The number of ether oxygens (including phenoxy) is 1. The number of rotatable bonds is 7. The first kappa shape index (κ1) is 16.3. The quantitative estimate of drug-likeness (QED) is 0.347. The number of hydrogen-bond acceptors (Lipinski definition) is 4. The van der Waals surface area contributed by atoms with Gasteiger partial charge in [0.05, 0.1) is 7.11 Å².